The maximum Gasteiger partial charge on any atom is 0.255 e. The number of rotatable bonds is 5. The van der Waals surface area contributed by atoms with E-state index in [9.17, 15) is 4.79 Å². The van der Waals surface area contributed by atoms with E-state index < -0.39 is 0 Å². The van der Waals surface area contributed by atoms with E-state index in [1.165, 1.54) is 5.56 Å². The van der Waals surface area contributed by atoms with E-state index in [0.29, 0.717) is 11.6 Å². The predicted octanol–water partition coefficient (Wildman–Crippen LogP) is 2.46. The van der Waals surface area contributed by atoms with Gasteiger partial charge in [0.15, 0.2) is 0 Å². The number of carbonyl (C=O) groups excluding carboxylic acids is 1. The van der Waals surface area contributed by atoms with Crippen molar-refractivity contribution in [2.24, 2.45) is 0 Å². The Morgan fingerprint density at radius 1 is 1.18 bits per heavy atom. The summed E-state index contributed by atoms with van der Waals surface area (Å²) in [5, 5.41) is 2.99. The zero-order valence-electron chi connectivity index (χ0n) is 16.3. The van der Waals surface area contributed by atoms with Crippen molar-refractivity contribution in [2.75, 3.05) is 51.8 Å². The van der Waals surface area contributed by atoms with Crippen molar-refractivity contribution in [1.82, 2.24) is 9.80 Å². The molecule has 1 unspecified atom stereocenters. The maximum absolute atomic E-state index is 12.5. The molecule has 2 heterocycles. The summed E-state index contributed by atoms with van der Waals surface area (Å²) in [6.07, 6.45) is 0. The minimum Gasteiger partial charge on any atom is -0.497 e. The van der Waals surface area contributed by atoms with Gasteiger partial charge in [0.1, 0.15) is 5.75 Å². The smallest absolute Gasteiger partial charge is 0.255 e. The molecule has 0 radical (unpaired) electrons. The molecule has 28 heavy (non-hydrogen) atoms. The number of piperazine rings is 1. The highest BCUT2D eigenvalue weighted by Gasteiger charge is 2.29. The molecule has 2 aromatic rings. The predicted molar refractivity (Wildman–Crippen MR) is 109 cm³/mol. The van der Waals surface area contributed by atoms with E-state index in [0.717, 1.165) is 57.4 Å². The lowest BCUT2D eigenvalue weighted by Gasteiger charge is -2.43. The average molecular weight is 381 g/mol. The van der Waals surface area contributed by atoms with Crippen LogP contribution in [0.25, 0.3) is 0 Å². The standard InChI is InChI=1S/C22H27N3O3/c1-27-21-7-5-18(6-8-21)22(26)23-19-4-2-3-17(13-19)14-24-9-10-25-11-12-28-16-20(25)15-24/h2-8,13,20H,9-12,14-16H2,1H3,(H,23,26). The van der Waals surface area contributed by atoms with E-state index in [2.05, 4.69) is 27.2 Å². The summed E-state index contributed by atoms with van der Waals surface area (Å²) in [7, 11) is 1.61. The number of hydrogen-bond donors (Lipinski definition) is 1. The molecular formula is C22H27N3O3. The van der Waals surface area contributed by atoms with Crippen LogP contribution in [0, 0.1) is 0 Å². The van der Waals surface area contributed by atoms with Crippen molar-refractivity contribution in [2.45, 2.75) is 12.6 Å². The lowest BCUT2D eigenvalue weighted by atomic mass is 10.1. The van der Waals surface area contributed by atoms with Gasteiger partial charge in [-0.15, -0.1) is 0 Å². The average Bonchev–Trinajstić information content (AvgIpc) is 2.74. The molecule has 6 nitrogen and oxygen atoms in total. The number of ether oxygens (including phenoxy) is 2. The minimum absolute atomic E-state index is 0.118. The highest BCUT2D eigenvalue weighted by atomic mass is 16.5. The molecular weight excluding hydrogens is 354 g/mol. The van der Waals surface area contributed by atoms with Crippen LogP contribution in [0.5, 0.6) is 5.75 Å². The van der Waals surface area contributed by atoms with Crippen LogP contribution in [0.3, 0.4) is 0 Å². The van der Waals surface area contributed by atoms with E-state index in [4.69, 9.17) is 9.47 Å². The van der Waals surface area contributed by atoms with Crippen molar-refractivity contribution >= 4 is 11.6 Å². The number of anilines is 1. The topological polar surface area (TPSA) is 54.0 Å². The normalized spacial score (nSPS) is 20.4. The third kappa shape index (κ3) is 4.52. The fourth-order valence-electron chi connectivity index (χ4n) is 3.91. The summed E-state index contributed by atoms with van der Waals surface area (Å²) in [6, 6.07) is 15.7. The number of hydrogen-bond acceptors (Lipinski definition) is 5. The number of morpholine rings is 1. The van der Waals surface area contributed by atoms with Crippen LogP contribution < -0.4 is 10.1 Å². The van der Waals surface area contributed by atoms with Gasteiger partial charge in [-0.05, 0) is 42.0 Å². The van der Waals surface area contributed by atoms with E-state index in [-0.39, 0.29) is 5.91 Å². The molecule has 0 saturated carbocycles. The summed E-state index contributed by atoms with van der Waals surface area (Å²) in [5.41, 5.74) is 2.63. The zero-order chi connectivity index (χ0) is 19.3. The molecule has 0 bridgehead atoms. The number of nitrogens with zero attached hydrogens (tertiary/aromatic N) is 2. The highest BCUT2D eigenvalue weighted by molar-refractivity contribution is 6.04. The first kappa shape index (κ1) is 18.9. The van der Waals surface area contributed by atoms with Crippen LogP contribution in [0.2, 0.25) is 0 Å². The van der Waals surface area contributed by atoms with Gasteiger partial charge in [0, 0.05) is 50.0 Å². The van der Waals surface area contributed by atoms with Gasteiger partial charge in [-0.2, -0.15) is 0 Å². The van der Waals surface area contributed by atoms with Crippen LogP contribution in [0.15, 0.2) is 48.5 Å². The molecule has 1 amide bonds. The van der Waals surface area contributed by atoms with Crippen LogP contribution in [0.1, 0.15) is 15.9 Å². The van der Waals surface area contributed by atoms with Crippen LogP contribution >= 0.6 is 0 Å². The molecule has 2 aliphatic rings. The second-order valence-corrected chi connectivity index (χ2v) is 7.38. The Balaban J connectivity index is 1.36. The third-order valence-corrected chi connectivity index (χ3v) is 5.47. The first-order valence-corrected chi connectivity index (χ1v) is 9.80. The van der Waals surface area contributed by atoms with E-state index >= 15 is 0 Å². The van der Waals surface area contributed by atoms with Crippen molar-refractivity contribution in [3.63, 3.8) is 0 Å². The van der Waals surface area contributed by atoms with Crippen molar-refractivity contribution in [3.8, 4) is 5.75 Å². The Morgan fingerprint density at radius 3 is 2.86 bits per heavy atom. The van der Waals surface area contributed by atoms with Gasteiger partial charge < -0.3 is 14.8 Å². The summed E-state index contributed by atoms with van der Waals surface area (Å²) in [6.45, 7) is 6.81. The molecule has 2 aromatic carbocycles. The molecule has 1 N–H and O–H groups in total. The van der Waals surface area contributed by atoms with Gasteiger partial charge in [-0.1, -0.05) is 12.1 Å². The Bertz CT molecular complexity index is 809. The van der Waals surface area contributed by atoms with Gasteiger partial charge in [-0.25, -0.2) is 0 Å². The fraction of sp³-hybridized carbons (Fsp3) is 0.409. The molecule has 0 aromatic heterocycles. The number of nitrogens with one attached hydrogen (secondary N) is 1. The molecule has 0 aliphatic carbocycles. The minimum atomic E-state index is -0.118. The first-order valence-electron chi connectivity index (χ1n) is 9.80. The van der Waals surface area contributed by atoms with Gasteiger partial charge in [-0.3, -0.25) is 14.6 Å². The maximum atomic E-state index is 12.5. The van der Waals surface area contributed by atoms with Crippen LogP contribution in [0.4, 0.5) is 5.69 Å². The Kier molecular flexibility index (Phi) is 5.90. The Labute approximate surface area is 166 Å². The lowest BCUT2D eigenvalue weighted by Crippen LogP contribution is -2.57. The molecule has 2 fully saturated rings. The zero-order valence-corrected chi connectivity index (χ0v) is 16.3. The molecule has 2 aliphatic heterocycles. The van der Waals surface area contributed by atoms with Gasteiger partial charge >= 0.3 is 0 Å². The summed E-state index contributed by atoms with van der Waals surface area (Å²) < 4.78 is 10.8. The van der Waals surface area contributed by atoms with Crippen molar-refractivity contribution in [3.05, 3.63) is 59.7 Å². The monoisotopic (exact) mass is 381 g/mol. The SMILES string of the molecule is COc1ccc(C(=O)Nc2cccc(CN3CCN4CCOCC4C3)c2)cc1. The number of methoxy groups -OCH3 is 1. The first-order chi connectivity index (χ1) is 13.7. The third-order valence-electron chi connectivity index (χ3n) is 5.47. The number of amides is 1. The van der Waals surface area contributed by atoms with Gasteiger partial charge in [0.25, 0.3) is 5.91 Å². The number of benzene rings is 2. The summed E-state index contributed by atoms with van der Waals surface area (Å²) in [5.74, 6) is 0.620. The van der Waals surface area contributed by atoms with Crippen molar-refractivity contribution in [1.29, 1.82) is 0 Å². The largest absolute Gasteiger partial charge is 0.497 e. The Hall–Kier alpha value is -2.41. The quantitative estimate of drug-likeness (QED) is 0.862. The molecule has 6 heteroatoms. The second kappa shape index (κ2) is 8.73. The van der Waals surface area contributed by atoms with Crippen LogP contribution in [-0.4, -0.2) is 68.3 Å². The molecule has 0 spiro atoms. The molecule has 4 rings (SSSR count). The lowest BCUT2D eigenvalue weighted by molar-refractivity contribution is -0.0461. The van der Waals surface area contributed by atoms with E-state index in [1.54, 1.807) is 31.4 Å². The molecule has 1 atom stereocenters. The van der Waals surface area contributed by atoms with Crippen LogP contribution in [-0.2, 0) is 11.3 Å². The van der Waals surface area contributed by atoms with Gasteiger partial charge in [0.2, 0.25) is 0 Å². The molecule has 2 saturated heterocycles. The summed E-state index contributed by atoms with van der Waals surface area (Å²) in [4.78, 5) is 17.5. The Morgan fingerprint density at radius 2 is 2.04 bits per heavy atom. The van der Waals surface area contributed by atoms with Crippen molar-refractivity contribution < 1.29 is 14.3 Å². The molecule has 148 valence electrons. The van der Waals surface area contributed by atoms with Gasteiger partial charge in [0.05, 0.1) is 20.3 Å². The fourth-order valence-corrected chi connectivity index (χ4v) is 3.91. The highest BCUT2D eigenvalue weighted by Crippen LogP contribution is 2.19. The second-order valence-electron chi connectivity index (χ2n) is 7.38. The summed E-state index contributed by atoms with van der Waals surface area (Å²) >= 11 is 0. The number of fused-ring (bicyclic) bond motifs is 1. The van der Waals surface area contributed by atoms with E-state index in [1.807, 2.05) is 12.1 Å². The number of carbonyl (C=O) groups is 1.